The van der Waals surface area contributed by atoms with Gasteiger partial charge in [-0.3, -0.25) is 0 Å². The molecule has 1 aromatic carbocycles. The Morgan fingerprint density at radius 2 is 2.20 bits per heavy atom. The first-order valence-corrected chi connectivity index (χ1v) is 5.55. The lowest BCUT2D eigenvalue weighted by Crippen LogP contribution is -2.14. The Hall–Kier alpha value is -0.990. The fourth-order valence-electron chi connectivity index (χ4n) is 1.84. The molecule has 0 fully saturated rings. The molecule has 0 spiro atoms. The van der Waals surface area contributed by atoms with Crippen LogP contribution in [0.1, 0.15) is 12.6 Å². The summed E-state index contributed by atoms with van der Waals surface area (Å²) in [4.78, 5) is 0. The molecule has 2 rings (SSSR count). The minimum Gasteiger partial charge on any atom is -0.345 e. The highest BCUT2D eigenvalue weighted by Crippen LogP contribution is 2.25. The highest BCUT2D eigenvalue weighted by atomic mass is 35.5. The molecule has 0 aliphatic heterocycles. The van der Waals surface area contributed by atoms with Crippen LogP contribution in [0.3, 0.4) is 0 Å². The van der Waals surface area contributed by atoms with Gasteiger partial charge in [-0.15, -0.1) is 0 Å². The SMILES string of the molecule is CCNCc1cc2cccc(Cl)c2n1C. The zero-order chi connectivity index (χ0) is 10.8. The lowest BCUT2D eigenvalue weighted by Gasteiger charge is -2.05. The maximum atomic E-state index is 6.17. The van der Waals surface area contributed by atoms with E-state index in [2.05, 4.69) is 36.0 Å². The van der Waals surface area contributed by atoms with Gasteiger partial charge in [-0.05, 0) is 18.7 Å². The average Bonchev–Trinajstić information content (AvgIpc) is 2.54. The van der Waals surface area contributed by atoms with Crippen LogP contribution in [0.15, 0.2) is 24.3 Å². The van der Waals surface area contributed by atoms with Gasteiger partial charge in [-0.2, -0.15) is 0 Å². The van der Waals surface area contributed by atoms with Gasteiger partial charge in [0.05, 0.1) is 10.5 Å². The monoisotopic (exact) mass is 222 g/mol. The lowest BCUT2D eigenvalue weighted by atomic mass is 10.2. The van der Waals surface area contributed by atoms with Gasteiger partial charge in [0.2, 0.25) is 0 Å². The van der Waals surface area contributed by atoms with Gasteiger partial charge in [-0.1, -0.05) is 30.7 Å². The Labute approximate surface area is 94.8 Å². The number of fused-ring (bicyclic) bond motifs is 1. The number of nitrogens with one attached hydrogen (secondary N) is 1. The minimum absolute atomic E-state index is 0.817. The molecule has 2 aromatic rings. The summed E-state index contributed by atoms with van der Waals surface area (Å²) in [6, 6.07) is 8.20. The molecule has 0 atom stereocenters. The Morgan fingerprint density at radius 3 is 2.87 bits per heavy atom. The van der Waals surface area contributed by atoms with E-state index < -0.39 is 0 Å². The number of aryl methyl sites for hydroxylation is 1. The van der Waals surface area contributed by atoms with E-state index in [1.807, 2.05) is 12.1 Å². The van der Waals surface area contributed by atoms with Crippen molar-refractivity contribution >= 4 is 22.5 Å². The summed E-state index contributed by atoms with van der Waals surface area (Å²) in [6.07, 6.45) is 0. The van der Waals surface area contributed by atoms with Gasteiger partial charge < -0.3 is 9.88 Å². The number of aromatic nitrogens is 1. The second kappa shape index (κ2) is 4.25. The van der Waals surface area contributed by atoms with Crippen LogP contribution >= 0.6 is 11.6 Å². The van der Waals surface area contributed by atoms with Crippen LogP contribution in [0.5, 0.6) is 0 Å². The van der Waals surface area contributed by atoms with Crippen LogP contribution in [0.4, 0.5) is 0 Å². The van der Waals surface area contributed by atoms with Crippen LogP contribution in [-0.2, 0) is 13.6 Å². The summed E-state index contributed by atoms with van der Waals surface area (Å²) < 4.78 is 2.15. The lowest BCUT2D eigenvalue weighted by molar-refractivity contribution is 0.686. The Kier molecular flexibility index (Phi) is 2.98. The second-order valence-electron chi connectivity index (χ2n) is 3.65. The molecule has 80 valence electrons. The van der Waals surface area contributed by atoms with Crippen molar-refractivity contribution in [1.29, 1.82) is 0 Å². The summed E-state index contributed by atoms with van der Waals surface area (Å²) >= 11 is 6.17. The predicted molar refractivity (Wildman–Crippen MR) is 65.3 cm³/mol. The van der Waals surface area contributed by atoms with Crippen LogP contribution in [0.25, 0.3) is 10.9 Å². The molecule has 0 saturated heterocycles. The van der Waals surface area contributed by atoms with E-state index in [1.54, 1.807) is 0 Å². The molecule has 15 heavy (non-hydrogen) atoms. The maximum Gasteiger partial charge on any atom is 0.0669 e. The molecule has 0 amide bonds. The van der Waals surface area contributed by atoms with E-state index >= 15 is 0 Å². The molecule has 2 nitrogen and oxygen atoms in total. The zero-order valence-corrected chi connectivity index (χ0v) is 9.80. The zero-order valence-electron chi connectivity index (χ0n) is 9.05. The Morgan fingerprint density at radius 1 is 1.40 bits per heavy atom. The van der Waals surface area contributed by atoms with Gasteiger partial charge in [0.25, 0.3) is 0 Å². The molecule has 1 aromatic heterocycles. The molecule has 1 N–H and O–H groups in total. The molecule has 0 unspecified atom stereocenters. The number of halogens is 1. The van der Waals surface area contributed by atoms with E-state index in [0.29, 0.717) is 0 Å². The fraction of sp³-hybridized carbons (Fsp3) is 0.333. The molecule has 3 heteroatoms. The maximum absolute atomic E-state index is 6.17. The van der Waals surface area contributed by atoms with Crippen LogP contribution in [0, 0.1) is 0 Å². The molecule has 0 aliphatic carbocycles. The first kappa shape index (κ1) is 10.5. The van der Waals surface area contributed by atoms with Gasteiger partial charge in [-0.25, -0.2) is 0 Å². The highest BCUT2D eigenvalue weighted by Gasteiger charge is 2.07. The minimum atomic E-state index is 0.817. The second-order valence-corrected chi connectivity index (χ2v) is 4.06. The van der Waals surface area contributed by atoms with Crippen molar-refractivity contribution in [2.24, 2.45) is 7.05 Å². The number of nitrogens with zero attached hydrogens (tertiary/aromatic N) is 1. The van der Waals surface area contributed by atoms with Crippen molar-refractivity contribution in [2.45, 2.75) is 13.5 Å². The Bertz CT molecular complexity index is 474. The van der Waals surface area contributed by atoms with Gasteiger partial charge in [0.1, 0.15) is 0 Å². The third-order valence-corrected chi connectivity index (χ3v) is 2.97. The number of benzene rings is 1. The van der Waals surface area contributed by atoms with Crippen LogP contribution in [0.2, 0.25) is 5.02 Å². The largest absolute Gasteiger partial charge is 0.345 e. The third kappa shape index (κ3) is 1.87. The topological polar surface area (TPSA) is 17.0 Å². The molecule has 0 radical (unpaired) electrons. The van der Waals surface area contributed by atoms with Gasteiger partial charge in [0.15, 0.2) is 0 Å². The quantitative estimate of drug-likeness (QED) is 0.845. The van der Waals surface area contributed by atoms with Crippen molar-refractivity contribution in [1.82, 2.24) is 9.88 Å². The summed E-state index contributed by atoms with van der Waals surface area (Å²) in [6.45, 7) is 3.98. The van der Waals surface area contributed by atoms with Crippen molar-refractivity contribution in [3.05, 3.63) is 35.0 Å². The normalized spacial score (nSPS) is 11.1. The highest BCUT2D eigenvalue weighted by molar-refractivity contribution is 6.35. The van der Waals surface area contributed by atoms with E-state index in [1.165, 1.54) is 11.1 Å². The Balaban J connectivity index is 2.50. The van der Waals surface area contributed by atoms with Crippen LogP contribution < -0.4 is 5.32 Å². The number of hydrogen-bond donors (Lipinski definition) is 1. The predicted octanol–water partition coefficient (Wildman–Crippen LogP) is 2.94. The van der Waals surface area contributed by atoms with Crippen molar-refractivity contribution in [3.63, 3.8) is 0 Å². The number of hydrogen-bond acceptors (Lipinski definition) is 1. The standard InChI is InChI=1S/C12H15ClN2/c1-3-14-8-10-7-9-5-4-6-11(13)12(9)15(10)2/h4-7,14H,3,8H2,1-2H3. The van der Waals surface area contributed by atoms with Gasteiger partial charge >= 0.3 is 0 Å². The molecule has 1 heterocycles. The number of rotatable bonds is 3. The smallest absolute Gasteiger partial charge is 0.0669 e. The molecular formula is C12H15ClN2. The summed E-state index contributed by atoms with van der Waals surface area (Å²) in [5, 5.41) is 5.35. The first-order valence-electron chi connectivity index (χ1n) is 5.17. The third-order valence-electron chi connectivity index (χ3n) is 2.66. The first-order chi connectivity index (χ1) is 7.24. The van der Waals surface area contributed by atoms with Crippen molar-refractivity contribution in [3.8, 4) is 0 Å². The molecular weight excluding hydrogens is 208 g/mol. The van der Waals surface area contributed by atoms with Crippen molar-refractivity contribution in [2.75, 3.05) is 6.54 Å². The summed E-state index contributed by atoms with van der Waals surface area (Å²) in [7, 11) is 2.06. The number of para-hydroxylation sites is 1. The van der Waals surface area contributed by atoms with E-state index in [4.69, 9.17) is 11.6 Å². The van der Waals surface area contributed by atoms with E-state index in [9.17, 15) is 0 Å². The van der Waals surface area contributed by atoms with E-state index in [0.717, 1.165) is 23.6 Å². The summed E-state index contributed by atoms with van der Waals surface area (Å²) in [5.41, 5.74) is 2.38. The summed E-state index contributed by atoms with van der Waals surface area (Å²) in [5.74, 6) is 0. The molecule has 0 bridgehead atoms. The fourth-order valence-corrected chi connectivity index (χ4v) is 2.15. The van der Waals surface area contributed by atoms with Gasteiger partial charge in [0, 0.05) is 24.7 Å². The van der Waals surface area contributed by atoms with E-state index in [-0.39, 0.29) is 0 Å². The average molecular weight is 223 g/mol. The van der Waals surface area contributed by atoms with Crippen LogP contribution in [-0.4, -0.2) is 11.1 Å². The molecule has 0 saturated carbocycles. The van der Waals surface area contributed by atoms with Crippen molar-refractivity contribution < 1.29 is 0 Å². The molecule has 0 aliphatic rings.